The van der Waals surface area contributed by atoms with Gasteiger partial charge < -0.3 is 15.6 Å². The molecule has 1 spiro atoms. The van der Waals surface area contributed by atoms with Gasteiger partial charge in [-0.15, -0.1) is 0 Å². The zero-order valence-corrected chi connectivity index (χ0v) is 17.6. The molecule has 2 fully saturated rings. The minimum Gasteiger partial charge on any atom is -0.361 e. The van der Waals surface area contributed by atoms with Crippen LogP contribution in [0, 0.1) is 11.3 Å². The normalized spacial score (nSPS) is 19.8. The fourth-order valence-electron chi connectivity index (χ4n) is 5.17. The van der Waals surface area contributed by atoms with E-state index in [2.05, 4.69) is 21.7 Å². The van der Waals surface area contributed by atoms with Gasteiger partial charge in [0, 0.05) is 35.5 Å². The molecule has 0 saturated heterocycles. The molecule has 29 heavy (non-hydrogen) atoms. The summed E-state index contributed by atoms with van der Waals surface area (Å²) in [6, 6.07) is 7.77. The van der Waals surface area contributed by atoms with Crippen LogP contribution >= 0.6 is 0 Å². The number of hydrogen-bond donors (Lipinski definition) is 3. The van der Waals surface area contributed by atoms with Crippen LogP contribution in [0.2, 0.25) is 0 Å². The molecule has 1 atom stereocenters. The Balaban J connectivity index is 1.43. The first-order valence-corrected chi connectivity index (χ1v) is 11.1. The molecular formula is C24H33N3O2. The van der Waals surface area contributed by atoms with E-state index in [1.165, 1.54) is 32.1 Å². The molecule has 1 aromatic carbocycles. The van der Waals surface area contributed by atoms with E-state index in [0.717, 1.165) is 29.3 Å². The first-order valence-electron chi connectivity index (χ1n) is 11.1. The Morgan fingerprint density at radius 3 is 2.55 bits per heavy atom. The lowest BCUT2D eigenvalue weighted by molar-refractivity contribution is -0.132. The zero-order valence-electron chi connectivity index (χ0n) is 17.6. The van der Waals surface area contributed by atoms with Gasteiger partial charge in [0.15, 0.2) is 0 Å². The quantitative estimate of drug-likeness (QED) is 0.689. The predicted octanol–water partition coefficient (Wildman–Crippen LogP) is 4.08. The number of rotatable bonds is 6. The number of amides is 2. The van der Waals surface area contributed by atoms with Crippen molar-refractivity contribution in [2.75, 3.05) is 0 Å². The average molecular weight is 396 g/mol. The van der Waals surface area contributed by atoms with Crippen LogP contribution in [-0.2, 0) is 16.0 Å². The highest BCUT2D eigenvalue weighted by Gasteiger charge is 2.45. The largest absolute Gasteiger partial charge is 0.361 e. The van der Waals surface area contributed by atoms with Crippen molar-refractivity contribution in [3.05, 3.63) is 36.0 Å². The fourth-order valence-corrected chi connectivity index (χ4v) is 5.17. The maximum atomic E-state index is 13.1. The highest BCUT2D eigenvalue weighted by atomic mass is 16.2. The van der Waals surface area contributed by atoms with Crippen molar-refractivity contribution in [3.8, 4) is 0 Å². The molecule has 0 radical (unpaired) electrons. The van der Waals surface area contributed by atoms with Crippen molar-refractivity contribution < 1.29 is 9.59 Å². The van der Waals surface area contributed by atoms with E-state index in [9.17, 15) is 9.59 Å². The Morgan fingerprint density at radius 1 is 1.10 bits per heavy atom. The summed E-state index contributed by atoms with van der Waals surface area (Å²) in [4.78, 5) is 28.7. The number of aromatic amines is 1. The van der Waals surface area contributed by atoms with Crippen molar-refractivity contribution in [1.29, 1.82) is 0 Å². The van der Waals surface area contributed by atoms with Gasteiger partial charge >= 0.3 is 0 Å². The molecule has 0 aliphatic heterocycles. The molecule has 2 saturated carbocycles. The van der Waals surface area contributed by atoms with Crippen LogP contribution in [-0.4, -0.2) is 28.9 Å². The molecule has 3 N–H and O–H groups in total. The molecule has 5 heteroatoms. The Kier molecular flexibility index (Phi) is 5.66. The van der Waals surface area contributed by atoms with Crippen molar-refractivity contribution >= 4 is 22.7 Å². The van der Waals surface area contributed by atoms with Gasteiger partial charge in [0.25, 0.3) is 0 Å². The monoisotopic (exact) mass is 395 g/mol. The Bertz CT molecular complexity index is 871. The van der Waals surface area contributed by atoms with Crippen molar-refractivity contribution in [2.24, 2.45) is 11.3 Å². The molecule has 2 aliphatic carbocycles. The zero-order chi connectivity index (χ0) is 20.4. The third-order valence-electron chi connectivity index (χ3n) is 6.88. The smallest absolute Gasteiger partial charge is 0.243 e. The van der Waals surface area contributed by atoms with E-state index in [-0.39, 0.29) is 23.8 Å². The second-order valence-corrected chi connectivity index (χ2v) is 9.45. The first-order chi connectivity index (χ1) is 14.0. The van der Waals surface area contributed by atoms with Gasteiger partial charge in [-0.2, -0.15) is 0 Å². The van der Waals surface area contributed by atoms with Crippen LogP contribution in [0.25, 0.3) is 10.9 Å². The summed E-state index contributed by atoms with van der Waals surface area (Å²) in [6.07, 6.45) is 11.3. The molecule has 0 bridgehead atoms. The number of aromatic nitrogens is 1. The van der Waals surface area contributed by atoms with Crippen LogP contribution in [0.3, 0.4) is 0 Å². The van der Waals surface area contributed by atoms with Crippen molar-refractivity contribution in [1.82, 2.24) is 15.6 Å². The van der Waals surface area contributed by atoms with Crippen molar-refractivity contribution in [3.63, 3.8) is 0 Å². The molecule has 1 unspecified atom stereocenters. The summed E-state index contributed by atoms with van der Waals surface area (Å²) >= 11 is 0. The Hall–Kier alpha value is -2.30. The third kappa shape index (κ3) is 4.34. The van der Waals surface area contributed by atoms with Crippen LogP contribution in [0.4, 0.5) is 0 Å². The second kappa shape index (κ2) is 8.21. The molecule has 2 aromatic rings. The predicted molar refractivity (Wildman–Crippen MR) is 115 cm³/mol. The van der Waals surface area contributed by atoms with E-state index >= 15 is 0 Å². The lowest BCUT2D eigenvalue weighted by Gasteiger charge is -2.50. The number of carbonyl (C=O) groups excluding carboxylic acids is 2. The minimum absolute atomic E-state index is 0.0556. The van der Waals surface area contributed by atoms with Gasteiger partial charge in [0.2, 0.25) is 11.8 Å². The number of fused-ring (bicyclic) bond motifs is 1. The number of para-hydroxylation sites is 1. The summed E-state index contributed by atoms with van der Waals surface area (Å²) in [5.74, 6) is -0.287. The molecule has 1 heterocycles. The van der Waals surface area contributed by atoms with E-state index < -0.39 is 6.04 Å². The van der Waals surface area contributed by atoms with Gasteiger partial charge in [-0.25, -0.2) is 0 Å². The first kappa shape index (κ1) is 20.0. The topological polar surface area (TPSA) is 74.0 Å². The van der Waals surface area contributed by atoms with Gasteiger partial charge in [0.1, 0.15) is 6.04 Å². The molecule has 2 amide bonds. The maximum absolute atomic E-state index is 13.1. The molecule has 1 aromatic heterocycles. The van der Waals surface area contributed by atoms with Gasteiger partial charge in [-0.1, -0.05) is 51.3 Å². The summed E-state index contributed by atoms with van der Waals surface area (Å²) in [7, 11) is 0. The van der Waals surface area contributed by atoms with E-state index in [0.29, 0.717) is 11.8 Å². The SMILES string of the molecule is CC(C)C(=O)NC(Cc1c[nH]c2ccccc12)C(=O)NC1CC2(CCCCC2)C1. The Labute approximate surface area is 173 Å². The number of carbonyl (C=O) groups is 2. The number of nitrogens with one attached hydrogen (secondary N) is 3. The molecule has 4 rings (SSSR count). The standard InChI is InChI=1S/C24H33N3O2/c1-16(2)22(28)27-21(12-17-15-25-20-9-5-4-8-19(17)20)23(29)26-18-13-24(14-18)10-6-3-7-11-24/h4-5,8-9,15-16,18,21,25H,3,6-7,10-14H2,1-2H3,(H,26,29)(H,27,28). The summed E-state index contributed by atoms with van der Waals surface area (Å²) in [5, 5.41) is 7.31. The van der Waals surface area contributed by atoms with Crippen LogP contribution in [0.1, 0.15) is 64.4 Å². The summed E-state index contributed by atoms with van der Waals surface area (Å²) in [5.41, 5.74) is 2.58. The number of benzene rings is 1. The fraction of sp³-hybridized carbons (Fsp3) is 0.583. The highest BCUT2D eigenvalue weighted by Crippen LogP contribution is 2.51. The maximum Gasteiger partial charge on any atom is 0.243 e. The van der Waals surface area contributed by atoms with Crippen molar-refractivity contribution in [2.45, 2.75) is 77.3 Å². The third-order valence-corrected chi connectivity index (χ3v) is 6.88. The van der Waals surface area contributed by atoms with Gasteiger partial charge in [-0.05, 0) is 42.7 Å². The molecular weight excluding hydrogens is 362 g/mol. The summed E-state index contributed by atoms with van der Waals surface area (Å²) in [6.45, 7) is 3.71. The van der Waals surface area contributed by atoms with E-state index in [1.54, 1.807) is 0 Å². The number of hydrogen-bond acceptors (Lipinski definition) is 2. The van der Waals surface area contributed by atoms with Crippen LogP contribution in [0.15, 0.2) is 30.5 Å². The lowest BCUT2D eigenvalue weighted by Crippen LogP contribution is -2.57. The second-order valence-electron chi connectivity index (χ2n) is 9.45. The summed E-state index contributed by atoms with van der Waals surface area (Å²) < 4.78 is 0. The van der Waals surface area contributed by atoms with E-state index in [1.807, 2.05) is 38.2 Å². The molecule has 5 nitrogen and oxygen atoms in total. The minimum atomic E-state index is -0.549. The van der Waals surface area contributed by atoms with Gasteiger partial charge in [-0.3, -0.25) is 9.59 Å². The van der Waals surface area contributed by atoms with E-state index in [4.69, 9.17) is 0 Å². The molecule has 156 valence electrons. The number of H-pyrrole nitrogens is 1. The Morgan fingerprint density at radius 2 is 1.83 bits per heavy atom. The van der Waals surface area contributed by atoms with Gasteiger partial charge in [0.05, 0.1) is 0 Å². The van der Waals surface area contributed by atoms with Crippen LogP contribution in [0.5, 0.6) is 0 Å². The average Bonchev–Trinajstić information content (AvgIpc) is 3.10. The lowest BCUT2D eigenvalue weighted by atomic mass is 9.58. The van der Waals surface area contributed by atoms with Crippen LogP contribution < -0.4 is 10.6 Å². The highest BCUT2D eigenvalue weighted by molar-refractivity contribution is 5.90. The molecule has 2 aliphatic rings.